The molecule has 0 radical (unpaired) electrons. The molecule has 2 heterocycles. The lowest BCUT2D eigenvalue weighted by atomic mass is 9.97. The van der Waals surface area contributed by atoms with Crippen LogP contribution in [-0.2, 0) is 50.1 Å². The molecule has 10 nitrogen and oxygen atoms in total. The van der Waals surface area contributed by atoms with Crippen LogP contribution < -0.4 is 14.2 Å². The van der Waals surface area contributed by atoms with Crippen LogP contribution in [0.2, 0.25) is 0 Å². The fraction of sp³-hybridized carbons (Fsp3) is 0.229. The second kappa shape index (κ2) is 19.0. The minimum absolute atomic E-state index is 0.0865. The lowest BCUT2D eigenvalue weighted by Gasteiger charge is -2.47. The minimum atomic E-state index is -1.33. The Hall–Kier alpha value is -6.01. The van der Waals surface area contributed by atoms with E-state index in [0.29, 0.717) is 5.75 Å². The van der Waals surface area contributed by atoms with Crippen LogP contribution in [0.5, 0.6) is 17.2 Å². The van der Waals surface area contributed by atoms with Crippen molar-refractivity contribution in [2.45, 2.75) is 63.4 Å². The molecule has 1 N–H and O–H groups in total. The number of carbonyl (C=O) groups is 1. The Morgan fingerprint density at radius 1 is 0.586 bits per heavy atom. The van der Waals surface area contributed by atoms with E-state index in [2.05, 4.69) is 0 Å². The maximum atomic E-state index is 14.3. The lowest BCUT2D eigenvalue weighted by molar-refractivity contribution is -0.359. The molecular weight excluding hydrogens is 737 g/mol. The third-order valence-electron chi connectivity index (χ3n) is 9.85. The van der Waals surface area contributed by atoms with Gasteiger partial charge in [-0.25, -0.2) is 4.79 Å². The monoisotopic (exact) mass is 780 g/mol. The van der Waals surface area contributed by atoms with Crippen LogP contribution in [-0.4, -0.2) is 48.4 Å². The van der Waals surface area contributed by atoms with E-state index in [1.165, 1.54) is 0 Å². The summed E-state index contributed by atoms with van der Waals surface area (Å²) in [4.78, 5) is 14.3. The second-order valence-corrected chi connectivity index (χ2v) is 14.0. The summed E-state index contributed by atoms with van der Waals surface area (Å²) in [6.45, 7) is 0.820. The number of hydrogen-bond donors (Lipinski definition) is 1. The van der Waals surface area contributed by atoms with Crippen LogP contribution in [0.4, 0.5) is 0 Å². The summed E-state index contributed by atoms with van der Waals surface area (Å²) in [5.74, 6) is 0.125. The van der Waals surface area contributed by atoms with Gasteiger partial charge in [-0.2, -0.15) is 0 Å². The number of esters is 1. The van der Waals surface area contributed by atoms with Gasteiger partial charge in [0.2, 0.25) is 12.0 Å². The summed E-state index contributed by atoms with van der Waals surface area (Å²) >= 11 is 0. The molecule has 6 aromatic rings. The normalized spacial score (nSPS) is 21.3. The van der Waals surface area contributed by atoms with E-state index in [4.69, 9.17) is 37.9 Å². The van der Waals surface area contributed by atoms with Gasteiger partial charge < -0.3 is 43.0 Å². The predicted octanol–water partition coefficient (Wildman–Crippen LogP) is 8.37. The third kappa shape index (κ3) is 9.74. The second-order valence-electron chi connectivity index (χ2n) is 14.0. The van der Waals surface area contributed by atoms with E-state index >= 15 is 0 Å². The SMILES string of the molecule is O=C(O[C@@H]1O[C@@H]2COC(c3ccccc3)O[C@H]2[C@H](O)[C@H]1OCc1ccccc1)c1cc(OCc2ccccc2)c(OCc2ccccc2)c(OCc2ccccc2)c1. The number of aliphatic hydroxyl groups excluding tert-OH is 1. The van der Waals surface area contributed by atoms with Crippen molar-refractivity contribution >= 4 is 5.97 Å². The fourth-order valence-corrected chi connectivity index (χ4v) is 6.81. The van der Waals surface area contributed by atoms with Crippen molar-refractivity contribution in [3.05, 3.63) is 197 Å². The minimum Gasteiger partial charge on any atom is -0.485 e. The molecule has 0 aliphatic carbocycles. The van der Waals surface area contributed by atoms with Gasteiger partial charge in [-0.15, -0.1) is 0 Å². The molecule has 0 saturated carbocycles. The van der Waals surface area contributed by atoms with E-state index in [1.54, 1.807) is 12.1 Å². The number of aliphatic hydroxyl groups is 1. The molecular formula is C48H44O10. The Balaban J connectivity index is 1.09. The summed E-state index contributed by atoms with van der Waals surface area (Å²) in [5, 5.41) is 11.9. The molecule has 8 rings (SSSR count). The first-order valence-corrected chi connectivity index (χ1v) is 19.3. The highest BCUT2D eigenvalue weighted by molar-refractivity contribution is 5.91. The van der Waals surface area contributed by atoms with Crippen LogP contribution in [0.1, 0.15) is 44.5 Å². The lowest BCUT2D eigenvalue weighted by Crippen LogP contribution is -2.63. The van der Waals surface area contributed by atoms with Crippen molar-refractivity contribution in [3.8, 4) is 17.2 Å². The topological polar surface area (TPSA) is 111 Å². The van der Waals surface area contributed by atoms with Crippen molar-refractivity contribution in [2.75, 3.05) is 6.61 Å². The maximum absolute atomic E-state index is 14.3. The van der Waals surface area contributed by atoms with E-state index in [1.807, 2.05) is 152 Å². The van der Waals surface area contributed by atoms with Gasteiger partial charge in [0.15, 0.2) is 17.8 Å². The van der Waals surface area contributed by atoms with Crippen LogP contribution in [0.25, 0.3) is 0 Å². The quantitative estimate of drug-likeness (QED) is 0.102. The number of ether oxygens (including phenoxy) is 8. The number of carbonyl (C=O) groups excluding carboxylic acids is 1. The third-order valence-corrected chi connectivity index (χ3v) is 9.85. The molecule has 58 heavy (non-hydrogen) atoms. The molecule has 6 atom stereocenters. The Labute approximate surface area is 337 Å². The van der Waals surface area contributed by atoms with Crippen molar-refractivity contribution in [2.24, 2.45) is 0 Å². The first kappa shape index (κ1) is 38.8. The maximum Gasteiger partial charge on any atom is 0.340 e. The van der Waals surface area contributed by atoms with Gasteiger partial charge in [-0.1, -0.05) is 152 Å². The molecule has 2 fully saturated rings. The standard InChI is InChI=1S/C48H44O10/c49-42-44-41(32-55-47(57-44)37-24-14-5-15-25-37)56-48(45(42)54-31-36-22-12-4-13-23-36)58-46(50)38-26-39(51-28-33-16-6-1-7-17-33)43(53-30-35-20-10-3-11-21-35)40(27-38)52-29-34-18-8-2-9-19-34/h1-27,41-42,44-45,47-49H,28-32H2/t41-,42+,44-,45-,47?,48+/m1/s1. The van der Waals surface area contributed by atoms with Gasteiger partial charge in [0.05, 0.1) is 18.8 Å². The van der Waals surface area contributed by atoms with Gasteiger partial charge in [0.25, 0.3) is 0 Å². The smallest absolute Gasteiger partial charge is 0.340 e. The van der Waals surface area contributed by atoms with E-state index < -0.39 is 43.0 Å². The number of fused-ring (bicyclic) bond motifs is 1. The van der Waals surface area contributed by atoms with Crippen LogP contribution in [0.3, 0.4) is 0 Å². The Kier molecular flexibility index (Phi) is 12.7. The molecule has 296 valence electrons. The molecule has 1 unspecified atom stereocenters. The number of rotatable bonds is 15. The molecule has 2 aliphatic rings. The van der Waals surface area contributed by atoms with E-state index in [0.717, 1.165) is 27.8 Å². The molecule has 2 aliphatic heterocycles. The summed E-state index contributed by atoms with van der Waals surface area (Å²) in [5.41, 5.74) is 4.55. The van der Waals surface area contributed by atoms with Crippen molar-refractivity contribution in [3.63, 3.8) is 0 Å². The van der Waals surface area contributed by atoms with E-state index in [9.17, 15) is 9.90 Å². The summed E-state index contributed by atoms with van der Waals surface area (Å²) in [6.07, 6.45) is -5.99. The molecule has 10 heteroatoms. The molecule has 6 aromatic carbocycles. The Bertz CT molecular complexity index is 2120. The van der Waals surface area contributed by atoms with Crippen LogP contribution >= 0.6 is 0 Å². The zero-order chi connectivity index (χ0) is 39.5. The van der Waals surface area contributed by atoms with Gasteiger partial charge in [-0.05, 0) is 34.4 Å². The summed E-state index contributed by atoms with van der Waals surface area (Å²) < 4.78 is 50.2. The summed E-state index contributed by atoms with van der Waals surface area (Å²) in [6, 6.07) is 51.2. The molecule has 0 amide bonds. The van der Waals surface area contributed by atoms with Gasteiger partial charge in [0, 0.05) is 5.56 Å². The van der Waals surface area contributed by atoms with E-state index in [-0.39, 0.29) is 50.1 Å². The predicted molar refractivity (Wildman–Crippen MR) is 214 cm³/mol. The van der Waals surface area contributed by atoms with Crippen molar-refractivity contribution < 1.29 is 47.8 Å². The molecule has 0 bridgehead atoms. The molecule has 2 saturated heterocycles. The summed E-state index contributed by atoms with van der Waals surface area (Å²) in [7, 11) is 0. The van der Waals surface area contributed by atoms with Gasteiger partial charge in [0.1, 0.15) is 44.2 Å². The first-order chi connectivity index (χ1) is 28.6. The average molecular weight is 781 g/mol. The van der Waals surface area contributed by atoms with Gasteiger partial charge >= 0.3 is 5.97 Å². The Morgan fingerprint density at radius 2 is 1.05 bits per heavy atom. The highest BCUT2D eigenvalue weighted by Crippen LogP contribution is 2.42. The zero-order valence-electron chi connectivity index (χ0n) is 31.7. The number of benzene rings is 6. The highest BCUT2D eigenvalue weighted by atomic mass is 16.8. The number of hydrogen-bond acceptors (Lipinski definition) is 10. The first-order valence-electron chi connectivity index (χ1n) is 19.3. The highest BCUT2D eigenvalue weighted by Gasteiger charge is 2.51. The van der Waals surface area contributed by atoms with Gasteiger partial charge in [-0.3, -0.25) is 0 Å². The largest absolute Gasteiger partial charge is 0.485 e. The van der Waals surface area contributed by atoms with Crippen LogP contribution in [0.15, 0.2) is 164 Å². The molecule has 0 aromatic heterocycles. The fourth-order valence-electron chi connectivity index (χ4n) is 6.81. The average Bonchev–Trinajstić information content (AvgIpc) is 3.28. The Morgan fingerprint density at radius 3 is 1.57 bits per heavy atom. The van der Waals surface area contributed by atoms with Crippen molar-refractivity contribution in [1.29, 1.82) is 0 Å². The zero-order valence-corrected chi connectivity index (χ0v) is 31.7. The van der Waals surface area contributed by atoms with Crippen molar-refractivity contribution in [1.82, 2.24) is 0 Å². The molecule has 0 spiro atoms. The van der Waals surface area contributed by atoms with Crippen LogP contribution in [0, 0.1) is 0 Å².